The van der Waals surface area contributed by atoms with Gasteiger partial charge < -0.3 is 14.6 Å². The average Bonchev–Trinajstić information content (AvgIpc) is 3.46. The molecule has 0 bridgehead atoms. The quantitative estimate of drug-likeness (QED) is 0.648. The van der Waals surface area contributed by atoms with Gasteiger partial charge in [0.25, 0.3) is 15.9 Å². The van der Waals surface area contributed by atoms with Crippen LogP contribution in [0.5, 0.6) is 0 Å². The van der Waals surface area contributed by atoms with E-state index in [-0.39, 0.29) is 10.7 Å². The molecule has 9 nitrogen and oxygen atoms in total. The number of carbonyl (C=O) groups is 1. The van der Waals surface area contributed by atoms with Crippen molar-refractivity contribution < 1.29 is 17.6 Å². The molecule has 0 unspecified atom stereocenters. The molecular weight excluding hydrogens is 406 g/mol. The number of hydrogen-bond acceptors (Lipinski definition) is 5. The normalized spacial score (nSPS) is 15.6. The minimum atomic E-state index is -3.86. The Labute approximate surface area is 174 Å². The first-order valence-corrected chi connectivity index (χ1v) is 10.9. The van der Waals surface area contributed by atoms with Crippen LogP contribution in [0.15, 0.2) is 68.6 Å². The van der Waals surface area contributed by atoms with Crippen molar-refractivity contribution in [2.75, 3.05) is 18.9 Å². The van der Waals surface area contributed by atoms with Gasteiger partial charge in [-0.25, -0.2) is 0 Å². The smallest absolute Gasteiger partial charge is 0.291 e. The van der Waals surface area contributed by atoms with Gasteiger partial charge in [0, 0.05) is 38.1 Å². The van der Waals surface area contributed by atoms with E-state index >= 15 is 0 Å². The van der Waals surface area contributed by atoms with Crippen LogP contribution < -0.4 is 5.32 Å². The monoisotopic (exact) mass is 427 g/mol. The first kappa shape index (κ1) is 19.9. The molecule has 1 saturated heterocycles. The van der Waals surface area contributed by atoms with Crippen molar-refractivity contribution in [2.24, 2.45) is 4.40 Å². The Bertz CT molecular complexity index is 1180. The van der Waals surface area contributed by atoms with Crippen LogP contribution in [-0.2, 0) is 16.6 Å². The second-order valence-electron chi connectivity index (χ2n) is 6.96. The van der Waals surface area contributed by atoms with Crippen LogP contribution in [0.2, 0.25) is 0 Å². The minimum Gasteiger partial charge on any atom is -0.454 e. The summed E-state index contributed by atoms with van der Waals surface area (Å²) >= 11 is 0. The molecule has 1 aromatic carbocycles. The van der Waals surface area contributed by atoms with E-state index in [9.17, 15) is 13.2 Å². The van der Waals surface area contributed by atoms with Crippen molar-refractivity contribution in [1.82, 2.24) is 14.7 Å². The van der Waals surface area contributed by atoms with E-state index in [1.54, 1.807) is 47.4 Å². The largest absolute Gasteiger partial charge is 0.454 e. The zero-order valence-corrected chi connectivity index (χ0v) is 17.2. The van der Waals surface area contributed by atoms with Crippen LogP contribution >= 0.6 is 0 Å². The number of amides is 1. The standard InChI is InChI=1S/C20H21N5O4S/c1-24-11-3-7-19(24)23-30(27,28)17-6-2-5-15(13-17)22-20(26)18-9-8-16(29-18)14-25-12-4-10-21-25/h2,4-6,8-10,12-13H,3,7,11,14H2,1H3,(H,22,26)/b23-19+. The van der Waals surface area contributed by atoms with Gasteiger partial charge in [0.05, 0.1) is 11.4 Å². The molecule has 1 amide bonds. The average molecular weight is 427 g/mol. The van der Waals surface area contributed by atoms with Crippen molar-refractivity contribution in [3.05, 3.63) is 66.4 Å². The third-order valence-electron chi connectivity index (χ3n) is 4.71. The Balaban J connectivity index is 1.48. The molecule has 1 aliphatic rings. The molecule has 3 aromatic rings. The maximum Gasteiger partial charge on any atom is 0.291 e. The van der Waals surface area contributed by atoms with E-state index in [4.69, 9.17) is 4.42 Å². The van der Waals surface area contributed by atoms with Gasteiger partial charge in [-0.15, -0.1) is 4.40 Å². The first-order valence-electron chi connectivity index (χ1n) is 9.43. The Morgan fingerprint density at radius 2 is 2.13 bits per heavy atom. The van der Waals surface area contributed by atoms with Crippen molar-refractivity contribution in [3.8, 4) is 0 Å². The van der Waals surface area contributed by atoms with Crippen molar-refractivity contribution in [3.63, 3.8) is 0 Å². The summed E-state index contributed by atoms with van der Waals surface area (Å²) in [7, 11) is -2.04. The van der Waals surface area contributed by atoms with Crippen LogP contribution in [0, 0.1) is 0 Å². The number of aromatic nitrogens is 2. The molecule has 30 heavy (non-hydrogen) atoms. The van der Waals surface area contributed by atoms with E-state index < -0.39 is 15.9 Å². The zero-order chi connectivity index (χ0) is 21.1. The summed E-state index contributed by atoms with van der Waals surface area (Å²) in [5.41, 5.74) is 0.339. The van der Waals surface area contributed by atoms with E-state index in [2.05, 4.69) is 14.8 Å². The van der Waals surface area contributed by atoms with Crippen LogP contribution in [0.1, 0.15) is 29.2 Å². The number of furan rings is 1. The molecule has 10 heteroatoms. The van der Waals surface area contributed by atoms with E-state index in [0.717, 1.165) is 13.0 Å². The first-order chi connectivity index (χ1) is 14.4. The SMILES string of the molecule is CN1CCC/C1=N\S(=O)(=O)c1cccc(NC(=O)c2ccc(Cn3cccn3)o2)c1. The molecule has 0 saturated carbocycles. The molecule has 3 heterocycles. The van der Waals surface area contributed by atoms with E-state index in [1.807, 2.05) is 11.9 Å². The number of sulfonamides is 1. The predicted molar refractivity (Wildman–Crippen MR) is 111 cm³/mol. The molecule has 2 aromatic heterocycles. The zero-order valence-electron chi connectivity index (χ0n) is 16.4. The van der Waals surface area contributed by atoms with Gasteiger partial charge in [-0.2, -0.15) is 13.5 Å². The Kier molecular flexibility index (Phi) is 5.40. The second kappa shape index (κ2) is 8.15. The van der Waals surface area contributed by atoms with Gasteiger partial charge >= 0.3 is 0 Å². The number of nitrogens with one attached hydrogen (secondary N) is 1. The third-order valence-corrected chi connectivity index (χ3v) is 6.01. The number of anilines is 1. The molecule has 1 fully saturated rings. The highest BCUT2D eigenvalue weighted by Crippen LogP contribution is 2.21. The Hall–Kier alpha value is -3.40. The van der Waals surface area contributed by atoms with Crippen LogP contribution in [-0.4, -0.2) is 48.4 Å². The summed E-state index contributed by atoms with van der Waals surface area (Å²) in [4.78, 5) is 14.4. The number of amidine groups is 1. The number of rotatable bonds is 6. The maximum atomic E-state index is 12.6. The van der Waals surface area contributed by atoms with Gasteiger partial charge in [0.15, 0.2) is 5.76 Å². The van der Waals surface area contributed by atoms with Crippen LogP contribution in [0.25, 0.3) is 0 Å². The fourth-order valence-electron chi connectivity index (χ4n) is 3.17. The second-order valence-corrected chi connectivity index (χ2v) is 8.56. The van der Waals surface area contributed by atoms with E-state index in [1.165, 1.54) is 12.1 Å². The van der Waals surface area contributed by atoms with Crippen molar-refractivity contribution in [2.45, 2.75) is 24.3 Å². The molecule has 4 rings (SSSR count). The molecule has 156 valence electrons. The molecule has 0 spiro atoms. The maximum absolute atomic E-state index is 12.6. The van der Waals surface area contributed by atoms with Gasteiger partial charge in [-0.1, -0.05) is 6.07 Å². The summed E-state index contributed by atoms with van der Waals surface area (Å²) in [6.45, 7) is 1.19. The highest BCUT2D eigenvalue weighted by atomic mass is 32.2. The highest BCUT2D eigenvalue weighted by Gasteiger charge is 2.21. The molecule has 1 aliphatic heterocycles. The summed E-state index contributed by atoms with van der Waals surface area (Å²) in [6, 6.07) is 11.1. The number of hydrogen-bond donors (Lipinski definition) is 1. The molecule has 0 radical (unpaired) electrons. The summed E-state index contributed by atoms with van der Waals surface area (Å²) in [5, 5.41) is 6.76. The van der Waals surface area contributed by atoms with Gasteiger partial charge in [0.2, 0.25) is 0 Å². The molecular formula is C20H21N5O4S. The lowest BCUT2D eigenvalue weighted by molar-refractivity contribution is 0.0994. The Morgan fingerprint density at radius 1 is 1.27 bits per heavy atom. The minimum absolute atomic E-state index is 0.0203. The number of benzene rings is 1. The fraction of sp³-hybridized carbons (Fsp3) is 0.250. The summed E-state index contributed by atoms with van der Waals surface area (Å²) in [5.74, 6) is 0.776. The Morgan fingerprint density at radius 3 is 2.87 bits per heavy atom. The van der Waals surface area contributed by atoms with Crippen LogP contribution in [0.3, 0.4) is 0 Å². The third kappa shape index (κ3) is 4.43. The van der Waals surface area contributed by atoms with Crippen molar-refractivity contribution in [1.29, 1.82) is 0 Å². The van der Waals surface area contributed by atoms with Gasteiger partial charge in [-0.05, 0) is 42.8 Å². The molecule has 1 N–H and O–H groups in total. The topological polar surface area (TPSA) is 110 Å². The lowest BCUT2D eigenvalue weighted by Gasteiger charge is -2.11. The fourth-order valence-corrected chi connectivity index (χ4v) is 4.31. The number of likely N-dealkylation sites (tertiary alicyclic amines) is 1. The summed E-state index contributed by atoms with van der Waals surface area (Å²) < 4.78 is 36.5. The lowest BCUT2D eigenvalue weighted by Crippen LogP contribution is -2.20. The molecule has 0 atom stereocenters. The van der Waals surface area contributed by atoms with E-state index in [0.29, 0.717) is 30.2 Å². The van der Waals surface area contributed by atoms with Gasteiger partial charge in [-0.3, -0.25) is 9.48 Å². The molecule has 0 aliphatic carbocycles. The summed E-state index contributed by atoms with van der Waals surface area (Å²) in [6.07, 6.45) is 4.96. The lowest BCUT2D eigenvalue weighted by atomic mass is 10.3. The van der Waals surface area contributed by atoms with Crippen molar-refractivity contribution >= 4 is 27.5 Å². The number of nitrogens with zero attached hydrogens (tertiary/aromatic N) is 4. The highest BCUT2D eigenvalue weighted by molar-refractivity contribution is 7.90. The predicted octanol–water partition coefficient (Wildman–Crippen LogP) is 2.59. The van der Waals surface area contributed by atoms with Gasteiger partial charge in [0.1, 0.15) is 11.6 Å². The van der Waals surface area contributed by atoms with Crippen LogP contribution in [0.4, 0.5) is 5.69 Å². The number of carbonyl (C=O) groups excluding carboxylic acids is 1.